The minimum atomic E-state index is -1.01. The van der Waals surface area contributed by atoms with E-state index in [9.17, 15) is 34.5 Å². The van der Waals surface area contributed by atoms with E-state index in [4.69, 9.17) is 0 Å². The number of fused-ring (bicyclic) bond motifs is 3. The number of benzene rings is 2. The Kier molecular flexibility index (Phi) is 11.6. The number of likely N-dealkylation sites (N-methyl/N-ethyl adjacent to an activating group) is 1. The minimum Gasteiger partial charge on any atom is -0.480 e. The summed E-state index contributed by atoms with van der Waals surface area (Å²) < 4.78 is 0. The normalized spacial score (nSPS) is 16.8. The highest BCUT2D eigenvalue weighted by molar-refractivity contribution is 6.05. The number of carbonyl (C=O) groups excluding carboxylic acids is 1. The van der Waals surface area contributed by atoms with Crippen LogP contribution in [-0.4, -0.2) is 154 Å². The third kappa shape index (κ3) is 9.67. The molecule has 2 heterocycles. The van der Waals surface area contributed by atoms with Crippen LogP contribution in [0.25, 0.3) is 21.7 Å². The summed E-state index contributed by atoms with van der Waals surface area (Å²) in [5.74, 6) is -3.10. The SMILES string of the molecule is CN(Cc1ccc2ncc3ccccc3c2c1)C(=O)CN1CCN(CC(=O)O)CCN(CC(=O)O)CCN(CC(=O)O)CC1. The third-order valence-electron chi connectivity index (χ3n) is 7.87. The van der Waals surface area contributed by atoms with Crippen LogP contribution in [0.5, 0.6) is 0 Å². The molecule has 1 amide bonds. The predicted molar refractivity (Wildman–Crippen MR) is 164 cm³/mol. The first-order valence-electron chi connectivity index (χ1n) is 14.6. The van der Waals surface area contributed by atoms with Gasteiger partial charge in [-0.05, 0) is 23.1 Å². The lowest BCUT2D eigenvalue weighted by Crippen LogP contribution is -2.49. The lowest BCUT2D eigenvalue weighted by atomic mass is 10.0. The molecule has 236 valence electrons. The van der Waals surface area contributed by atoms with Crippen molar-refractivity contribution in [1.29, 1.82) is 0 Å². The van der Waals surface area contributed by atoms with Crippen LogP contribution in [0.3, 0.4) is 0 Å². The Bertz CT molecular complexity index is 1450. The van der Waals surface area contributed by atoms with Gasteiger partial charge in [-0.15, -0.1) is 0 Å². The fourth-order valence-electron chi connectivity index (χ4n) is 5.46. The fourth-order valence-corrected chi connectivity index (χ4v) is 5.46. The summed E-state index contributed by atoms with van der Waals surface area (Å²) in [6.45, 7) is 2.61. The molecule has 4 rings (SSSR count). The van der Waals surface area contributed by atoms with Crippen molar-refractivity contribution in [2.24, 2.45) is 0 Å². The summed E-state index contributed by atoms with van der Waals surface area (Å²) >= 11 is 0. The number of rotatable bonds is 10. The molecule has 2 aromatic carbocycles. The maximum Gasteiger partial charge on any atom is 0.317 e. The van der Waals surface area contributed by atoms with Crippen LogP contribution in [0.2, 0.25) is 0 Å². The summed E-state index contributed by atoms with van der Waals surface area (Å²) in [4.78, 5) is 61.2. The van der Waals surface area contributed by atoms with Crippen molar-refractivity contribution in [3.8, 4) is 0 Å². The van der Waals surface area contributed by atoms with Crippen LogP contribution >= 0.6 is 0 Å². The van der Waals surface area contributed by atoms with Gasteiger partial charge in [-0.2, -0.15) is 0 Å². The summed E-state index contributed by atoms with van der Waals surface area (Å²) in [7, 11) is 1.74. The molecule has 3 aromatic rings. The van der Waals surface area contributed by atoms with E-state index < -0.39 is 17.9 Å². The number of amides is 1. The highest BCUT2D eigenvalue weighted by atomic mass is 16.4. The lowest BCUT2D eigenvalue weighted by Gasteiger charge is -2.33. The van der Waals surface area contributed by atoms with Crippen LogP contribution in [0.4, 0.5) is 0 Å². The topological polar surface area (TPSA) is 158 Å². The van der Waals surface area contributed by atoms with Gasteiger partial charge in [0.1, 0.15) is 0 Å². The van der Waals surface area contributed by atoms with Crippen molar-refractivity contribution < 1.29 is 34.5 Å². The molecule has 0 bridgehead atoms. The Morgan fingerprint density at radius 2 is 1.16 bits per heavy atom. The third-order valence-corrected chi connectivity index (χ3v) is 7.87. The number of nitrogens with zero attached hydrogens (tertiary/aromatic N) is 6. The second kappa shape index (κ2) is 15.5. The van der Waals surface area contributed by atoms with Crippen molar-refractivity contribution in [1.82, 2.24) is 29.5 Å². The maximum absolute atomic E-state index is 13.4. The number of carbonyl (C=O) groups is 4. The van der Waals surface area contributed by atoms with E-state index in [-0.39, 0.29) is 32.1 Å². The molecule has 1 saturated heterocycles. The molecule has 13 nitrogen and oxygen atoms in total. The molecular formula is C31H40N6O7. The molecule has 0 aliphatic carbocycles. The van der Waals surface area contributed by atoms with E-state index >= 15 is 0 Å². The van der Waals surface area contributed by atoms with Crippen LogP contribution < -0.4 is 0 Å². The molecule has 1 aliphatic heterocycles. The number of aromatic nitrogens is 1. The van der Waals surface area contributed by atoms with Gasteiger partial charge in [-0.25, -0.2) is 0 Å². The number of hydrogen-bond donors (Lipinski definition) is 3. The van der Waals surface area contributed by atoms with Crippen LogP contribution in [0.1, 0.15) is 5.56 Å². The summed E-state index contributed by atoms with van der Waals surface area (Å²) in [5.41, 5.74) is 1.84. The van der Waals surface area contributed by atoms with Crippen LogP contribution in [0, 0.1) is 0 Å². The van der Waals surface area contributed by atoms with Crippen molar-refractivity contribution in [2.75, 3.05) is 85.6 Å². The molecular weight excluding hydrogens is 568 g/mol. The summed E-state index contributed by atoms with van der Waals surface area (Å²) in [5, 5.41) is 31.4. The van der Waals surface area contributed by atoms with E-state index in [0.717, 1.165) is 27.2 Å². The van der Waals surface area contributed by atoms with Crippen molar-refractivity contribution >= 4 is 45.5 Å². The van der Waals surface area contributed by atoms with Gasteiger partial charge in [0.05, 0.1) is 31.7 Å². The number of carboxylic acid groups (broad SMARTS) is 3. The Hall–Kier alpha value is -4.17. The van der Waals surface area contributed by atoms with E-state index in [1.54, 1.807) is 26.6 Å². The van der Waals surface area contributed by atoms with Gasteiger partial charge in [-0.1, -0.05) is 30.3 Å². The zero-order valence-electron chi connectivity index (χ0n) is 25.0. The van der Waals surface area contributed by atoms with Gasteiger partial charge in [0.25, 0.3) is 0 Å². The Morgan fingerprint density at radius 3 is 1.66 bits per heavy atom. The van der Waals surface area contributed by atoms with Gasteiger partial charge in [0.2, 0.25) is 5.91 Å². The van der Waals surface area contributed by atoms with E-state index in [2.05, 4.69) is 17.1 Å². The van der Waals surface area contributed by atoms with Gasteiger partial charge in [0, 0.05) is 82.9 Å². The molecule has 0 spiro atoms. The average molecular weight is 609 g/mol. The van der Waals surface area contributed by atoms with Gasteiger partial charge in [0.15, 0.2) is 0 Å². The second-order valence-corrected chi connectivity index (χ2v) is 11.2. The number of hydrogen-bond acceptors (Lipinski definition) is 9. The molecule has 1 fully saturated rings. The Balaban J connectivity index is 1.46. The molecule has 13 heteroatoms. The highest BCUT2D eigenvalue weighted by Crippen LogP contribution is 2.24. The second-order valence-electron chi connectivity index (χ2n) is 11.2. The Labute approximate surface area is 255 Å². The molecule has 0 saturated carbocycles. The summed E-state index contributed by atoms with van der Waals surface area (Å²) in [6.07, 6.45) is 1.85. The quantitative estimate of drug-likeness (QED) is 0.279. The fraction of sp³-hybridized carbons (Fsp3) is 0.452. The summed E-state index contributed by atoms with van der Waals surface area (Å²) in [6, 6.07) is 14.0. The zero-order chi connectivity index (χ0) is 31.6. The standard InChI is InChI=1S/C31H40N6O7/c1-33(18-23-6-7-27-26(16-23)25-5-3-2-4-24(25)17-32-27)28(38)19-34-8-10-35(20-29(39)40)12-14-37(22-31(43)44)15-13-36(11-9-34)21-30(41)42/h2-7,16-17H,8-15,18-22H2,1H3,(H,39,40)(H,41,42)(H,43,44). The van der Waals surface area contributed by atoms with E-state index in [0.29, 0.717) is 58.9 Å². The monoisotopic (exact) mass is 608 g/mol. The van der Waals surface area contributed by atoms with Crippen molar-refractivity contribution in [3.05, 3.63) is 54.2 Å². The number of carboxylic acids is 3. The smallest absolute Gasteiger partial charge is 0.317 e. The molecule has 3 N–H and O–H groups in total. The molecule has 1 aliphatic rings. The lowest BCUT2D eigenvalue weighted by molar-refractivity contribution is -0.140. The number of pyridine rings is 1. The average Bonchev–Trinajstić information content (AvgIpc) is 2.97. The first-order chi connectivity index (χ1) is 21.1. The molecule has 44 heavy (non-hydrogen) atoms. The first kappa shape index (κ1) is 32.7. The van der Waals surface area contributed by atoms with Crippen molar-refractivity contribution in [2.45, 2.75) is 6.54 Å². The van der Waals surface area contributed by atoms with E-state index in [1.807, 2.05) is 41.4 Å². The van der Waals surface area contributed by atoms with E-state index in [1.165, 1.54) is 0 Å². The molecule has 0 unspecified atom stereocenters. The maximum atomic E-state index is 13.4. The molecule has 1 aromatic heterocycles. The van der Waals surface area contributed by atoms with Crippen LogP contribution in [0.15, 0.2) is 48.7 Å². The predicted octanol–water partition coefficient (Wildman–Crippen LogP) is 0.822. The Morgan fingerprint density at radius 1 is 0.682 bits per heavy atom. The largest absolute Gasteiger partial charge is 0.480 e. The number of aliphatic carboxylic acids is 3. The molecule has 0 atom stereocenters. The molecule has 0 radical (unpaired) electrons. The van der Waals surface area contributed by atoms with Gasteiger partial charge in [-0.3, -0.25) is 43.8 Å². The zero-order valence-corrected chi connectivity index (χ0v) is 25.0. The minimum absolute atomic E-state index is 0.0849. The first-order valence-corrected chi connectivity index (χ1v) is 14.6. The van der Waals surface area contributed by atoms with Crippen LogP contribution in [-0.2, 0) is 25.7 Å². The van der Waals surface area contributed by atoms with Gasteiger partial charge >= 0.3 is 17.9 Å². The van der Waals surface area contributed by atoms with Gasteiger partial charge < -0.3 is 20.2 Å². The highest BCUT2D eigenvalue weighted by Gasteiger charge is 2.22. The van der Waals surface area contributed by atoms with Crippen molar-refractivity contribution in [3.63, 3.8) is 0 Å².